The summed E-state index contributed by atoms with van der Waals surface area (Å²) >= 11 is 12.9. The average molecular weight is 693 g/mol. The molecular weight excluding hydrogens is 653 g/mol. The first-order valence-corrected chi connectivity index (χ1v) is 18.0. The molecule has 4 aromatic rings. The number of carbonyl (C=O) groups is 2. The zero-order valence-corrected chi connectivity index (χ0v) is 28.6. The first kappa shape index (κ1) is 34.5. The van der Waals surface area contributed by atoms with Crippen LogP contribution in [0.3, 0.4) is 0 Å². The molecule has 10 heteroatoms. The smallest absolute Gasteiger partial charge is 0.264 e. The molecule has 5 rings (SSSR count). The fourth-order valence-corrected chi connectivity index (χ4v) is 7.80. The standard InChI is InChI=1S/C37H39Cl2N3O4S/c1-27-20-22-29(23-21-27)25-41(34(24-28-12-5-2-6-13-28)37(44)40-30-14-7-3-8-15-30)35(43)26-42(33-19-11-18-32(38)36(33)39)47(45,46)31-16-9-4-10-17-31/h2,4-6,9-13,16-23,30,34H,3,7-8,14-15,24-26H2,1H3,(H,40,44). The minimum atomic E-state index is -4.29. The molecule has 2 amide bonds. The lowest BCUT2D eigenvalue weighted by atomic mass is 9.94. The van der Waals surface area contributed by atoms with Gasteiger partial charge < -0.3 is 10.2 Å². The van der Waals surface area contributed by atoms with Crippen LogP contribution in [0.5, 0.6) is 0 Å². The zero-order valence-electron chi connectivity index (χ0n) is 26.3. The van der Waals surface area contributed by atoms with Gasteiger partial charge in [0.2, 0.25) is 11.8 Å². The summed E-state index contributed by atoms with van der Waals surface area (Å²) < 4.78 is 29.3. The zero-order chi connectivity index (χ0) is 33.4. The van der Waals surface area contributed by atoms with E-state index >= 15 is 0 Å². The summed E-state index contributed by atoms with van der Waals surface area (Å²) in [6, 6.07) is 28.9. The molecular formula is C37H39Cl2N3O4S. The van der Waals surface area contributed by atoms with Gasteiger partial charge in [0.15, 0.2) is 0 Å². The number of nitrogens with zero attached hydrogens (tertiary/aromatic N) is 2. The van der Waals surface area contributed by atoms with E-state index in [2.05, 4.69) is 5.32 Å². The molecule has 1 fully saturated rings. The van der Waals surface area contributed by atoms with Gasteiger partial charge in [-0.05, 0) is 55.2 Å². The van der Waals surface area contributed by atoms with Crippen molar-refractivity contribution in [2.24, 2.45) is 0 Å². The molecule has 1 saturated carbocycles. The predicted molar refractivity (Wildman–Crippen MR) is 188 cm³/mol. The van der Waals surface area contributed by atoms with Gasteiger partial charge in [-0.15, -0.1) is 0 Å². The Hall–Kier alpha value is -3.85. The van der Waals surface area contributed by atoms with Crippen LogP contribution >= 0.6 is 23.2 Å². The summed E-state index contributed by atoms with van der Waals surface area (Å²) in [6.45, 7) is 1.46. The van der Waals surface area contributed by atoms with Crippen LogP contribution in [0, 0.1) is 6.92 Å². The fraction of sp³-hybridized carbons (Fsp3) is 0.297. The first-order valence-electron chi connectivity index (χ1n) is 15.8. The molecule has 1 N–H and O–H groups in total. The molecule has 1 atom stereocenters. The van der Waals surface area contributed by atoms with Crippen molar-refractivity contribution in [2.75, 3.05) is 10.8 Å². The van der Waals surface area contributed by atoms with Crippen LogP contribution < -0.4 is 9.62 Å². The lowest BCUT2D eigenvalue weighted by Crippen LogP contribution is -2.55. The van der Waals surface area contributed by atoms with Crippen molar-refractivity contribution in [2.45, 2.75) is 69.0 Å². The van der Waals surface area contributed by atoms with Crippen LogP contribution in [0.1, 0.15) is 48.8 Å². The van der Waals surface area contributed by atoms with Crippen molar-refractivity contribution >= 4 is 50.7 Å². The molecule has 0 radical (unpaired) electrons. The summed E-state index contributed by atoms with van der Waals surface area (Å²) in [5, 5.41) is 3.37. The maximum absolute atomic E-state index is 14.7. The molecule has 1 unspecified atom stereocenters. The largest absolute Gasteiger partial charge is 0.352 e. The highest BCUT2D eigenvalue weighted by Gasteiger charge is 2.36. The van der Waals surface area contributed by atoms with Crippen LogP contribution in [0.2, 0.25) is 10.0 Å². The summed E-state index contributed by atoms with van der Waals surface area (Å²) in [6.07, 6.45) is 5.22. The quantitative estimate of drug-likeness (QED) is 0.166. The van der Waals surface area contributed by atoms with E-state index in [9.17, 15) is 18.0 Å². The minimum absolute atomic E-state index is 0.00225. The molecule has 7 nitrogen and oxygen atoms in total. The number of nitrogens with one attached hydrogen (secondary N) is 1. The van der Waals surface area contributed by atoms with Gasteiger partial charge in [0.05, 0.1) is 20.6 Å². The van der Waals surface area contributed by atoms with Crippen molar-refractivity contribution in [3.8, 4) is 0 Å². The lowest BCUT2D eigenvalue weighted by Gasteiger charge is -2.35. The number of amides is 2. The predicted octanol–water partition coefficient (Wildman–Crippen LogP) is 7.59. The molecule has 1 aliphatic rings. The Morgan fingerprint density at radius 2 is 1.45 bits per heavy atom. The van der Waals surface area contributed by atoms with Crippen LogP contribution in [0.4, 0.5) is 5.69 Å². The number of anilines is 1. The SMILES string of the molecule is Cc1ccc(CN(C(=O)CN(c2cccc(Cl)c2Cl)S(=O)(=O)c2ccccc2)C(Cc2ccccc2)C(=O)NC2CCCCC2)cc1. The van der Waals surface area contributed by atoms with Crippen LogP contribution in [0.25, 0.3) is 0 Å². The Bertz CT molecular complexity index is 1760. The van der Waals surface area contributed by atoms with Crippen molar-refractivity contribution in [1.82, 2.24) is 10.2 Å². The van der Waals surface area contributed by atoms with E-state index in [0.717, 1.165) is 53.1 Å². The number of carbonyl (C=O) groups excluding carboxylic acids is 2. The average Bonchev–Trinajstić information content (AvgIpc) is 3.08. The number of hydrogen-bond donors (Lipinski definition) is 1. The topological polar surface area (TPSA) is 86.8 Å². The van der Waals surface area contributed by atoms with Gasteiger partial charge >= 0.3 is 0 Å². The Kier molecular flexibility index (Phi) is 11.6. The minimum Gasteiger partial charge on any atom is -0.352 e. The second-order valence-electron chi connectivity index (χ2n) is 12.0. The third-order valence-electron chi connectivity index (χ3n) is 8.51. The lowest BCUT2D eigenvalue weighted by molar-refractivity contribution is -0.140. The molecule has 0 heterocycles. The van der Waals surface area contributed by atoms with Gasteiger partial charge in [0.25, 0.3) is 10.0 Å². The normalized spacial score (nSPS) is 14.3. The molecule has 246 valence electrons. The van der Waals surface area contributed by atoms with Crippen molar-refractivity contribution in [3.05, 3.63) is 130 Å². The highest BCUT2D eigenvalue weighted by atomic mass is 35.5. The fourth-order valence-electron chi connectivity index (χ4n) is 5.91. The van der Waals surface area contributed by atoms with Crippen molar-refractivity contribution in [1.29, 1.82) is 0 Å². The molecule has 0 saturated heterocycles. The van der Waals surface area contributed by atoms with Crippen LogP contribution in [-0.4, -0.2) is 43.8 Å². The van der Waals surface area contributed by atoms with Gasteiger partial charge in [-0.1, -0.05) is 127 Å². The molecule has 0 bridgehead atoms. The number of rotatable bonds is 12. The molecule has 0 aromatic heterocycles. The molecule has 0 aliphatic heterocycles. The number of aryl methyl sites for hydroxylation is 1. The highest BCUT2D eigenvalue weighted by molar-refractivity contribution is 7.92. The summed E-state index contributed by atoms with van der Waals surface area (Å²) in [5.41, 5.74) is 2.81. The van der Waals surface area contributed by atoms with Crippen LogP contribution in [0.15, 0.2) is 108 Å². The van der Waals surface area contributed by atoms with E-state index in [1.54, 1.807) is 30.3 Å². The summed E-state index contributed by atoms with van der Waals surface area (Å²) in [7, 11) is -4.29. The van der Waals surface area contributed by atoms with E-state index in [4.69, 9.17) is 23.2 Å². The Labute approximate surface area is 287 Å². The highest BCUT2D eigenvalue weighted by Crippen LogP contribution is 2.35. The van der Waals surface area contributed by atoms with E-state index in [1.165, 1.54) is 23.1 Å². The van der Waals surface area contributed by atoms with Gasteiger partial charge in [0.1, 0.15) is 12.6 Å². The summed E-state index contributed by atoms with van der Waals surface area (Å²) in [5.74, 6) is -0.819. The van der Waals surface area contributed by atoms with Gasteiger partial charge in [0, 0.05) is 19.0 Å². The van der Waals surface area contributed by atoms with Gasteiger partial charge in [-0.25, -0.2) is 8.42 Å². The monoisotopic (exact) mass is 691 g/mol. The number of benzene rings is 4. The third kappa shape index (κ3) is 8.74. The summed E-state index contributed by atoms with van der Waals surface area (Å²) in [4.78, 5) is 30.4. The van der Waals surface area contributed by atoms with E-state index in [1.807, 2.05) is 61.5 Å². The van der Waals surface area contributed by atoms with Crippen molar-refractivity contribution < 1.29 is 18.0 Å². The number of halogens is 2. The maximum Gasteiger partial charge on any atom is 0.264 e. The van der Waals surface area contributed by atoms with Crippen LogP contribution in [-0.2, 0) is 32.6 Å². The maximum atomic E-state index is 14.7. The molecule has 47 heavy (non-hydrogen) atoms. The van der Waals surface area contributed by atoms with E-state index in [-0.39, 0.29) is 45.5 Å². The Morgan fingerprint density at radius 1 is 0.809 bits per heavy atom. The number of hydrogen-bond acceptors (Lipinski definition) is 4. The Balaban J connectivity index is 1.58. The second kappa shape index (κ2) is 15.8. The van der Waals surface area contributed by atoms with E-state index in [0.29, 0.717) is 0 Å². The van der Waals surface area contributed by atoms with E-state index < -0.39 is 28.5 Å². The third-order valence-corrected chi connectivity index (χ3v) is 11.1. The number of sulfonamides is 1. The molecule has 4 aromatic carbocycles. The molecule has 0 spiro atoms. The second-order valence-corrected chi connectivity index (χ2v) is 14.6. The first-order chi connectivity index (χ1) is 22.6. The molecule has 1 aliphatic carbocycles. The Morgan fingerprint density at radius 3 is 2.11 bits per heavy atom. The van der Waals surface area contributed by atoms with Gasteiger partial charge in [-0.3, -0.25) is 13.9 Å². The van der Waals surface area contributed by atoms with Gasteiger partial charge in [-0.2, -0.15) is 0 Å². The van der Waals surface area contributed by atoms with Crippen molar-refractivity contribution in [3.63, 3.8) is 0 Å².